The average Bonchev–Trinajstić information content (AvgIpc) is 2.64. The molecule has 0 aliphatic heterocycles. The standard InChI is InChI=1S/C20H17NO4/c1-2-25-20(23)15-7-10-16(11-8-15)21(24)13-18-17-6-4-3-5-14(17)9-12-19(18)22/h3-13,24H,2H2,1H3. The van der Waals surface area contributed by atoms with Crippen LogP contribution in [-0.2, 0) is 9.53 Å². The van der Waals surface area contributed by atoms with Gasteiger partial charge in [0.1, 0.15) is 0 Å². The number of hydrogen-bond donors (Lipinski definition) is 1. The minimum Gasteiger partial charge on any atom is -0.462 e. The predicted molar refractivity (Wildman–Crippen MR) is 95.1 cm³/mol. The highest BCUT2D eigenvalue weighted by Gasteiger charge is 2.18. The van der Waals surface area contributed by atoms with E-state index in [0.29, 0.717) is 23.4 Å². The Labute approximate surface area is 145 Å². The first-order chi connectivity index (χ1) is 12.1. The fourth-order valence-corrected chi connectivity index (χ4v) is 2.57. The normalized spacial score (nSPS) is 14.3. The van der Waals surface area contributed by atoms with Gasteiger partial charge in [-0.1, -0.05) is 30.3 Å². The molecular weight excluding hydrogens is 318 g/mol. The lowest BCUT2D eigenvalue weighted by atomic mass is 9.92. The molecule has 3 rings (SSSR count). The van der Waals surface area contributed by atoms with Crippen molar-refractivity contribution in [3.63, 3.8) is 0 Å². The first kappa shape index (κ1) is 16.7. The fourth-order valence-electron chi connectivity index (χ4n) is 2.57. The van der Waals surface area contributed by atoms with Crippen LogP contribution >= 0.6 is 0 Å². The molecule has 2 aromatic rings. The first-order valence-corrected chi connectivity index (χ1v) is 7.89. The molecule has 5 nitrogen and oxygen atoms in total. The molecule has 0 heterocycles. The summed E-state index contributed by atoms with van der Waals surface area (Å²) in [7, 11) is 0. The number of carbonyl (C=O) groups excluding carboxylic acids is 2. The van der Waals surface area contributed by atoms with E-state index in [1.54, 1.807) is 37.3 Å². The van der Waals surface area contributed by atoms with Crippen molar-refractivity contribution in [2.75, 3.05) is 11.7 Å². The fraction of sp³-hybridized carbons (Fsp3) is 0.100. The Balaban J connectivity index is 1.87. The van der Waals surface area contributed by atoms with Crippen LogP contribution in [-0.4, -0.2) is 23.6 Å². The molecule has 0 unspecified atom stereocenters. The zero-order chi connectivity index (χ0) is 17.8. The van der Waals surface area contributed by atoms with Crippen LogP contribution in [0.5, 0.6) is 0 Å². The Hall–Kier alpha value is -3.18. The van der Waals surface area contributed by atoms with Gasteiger partial charge < -0.3 is 4.74 Å². The number of esters is 1. The van der Waals surface area contributed by atoms with Gasteiger partial charge in [-0.15, -0.1) is 0 Å². The Morgan fingerprint density at radius 1 is 1.12 bits per heavy atom. The van der Waals surface area contributed by atoms with E-state index in [4.69, 9.17) is 4.74 Å². The van der Waals surface area contributed by atoms with Crippen molar-refractivity contribution < 1.29 is 19.5 Å². The van der Waals surface area contributed by atoms with Crippen LogP contribution in [0, 0.1) is 0 Å². The summed E-state index contributed by atoms with van der Waals surface area (Å²) >= 11 is 0. The Morgan fingerprint density at radius 2 is 1.84 bits per heavy atom. The number of anilines is 1. The van der Waals surface area contributed by atoms with Crippen molar-refractivity contribution in [3.05, 3.63) is 77.5 Å². The minimum absolute atomic E-state index is 0.180. The summed E-state index contributed by atoms with van der Waals surface area (Å²) in [5.41, 5.74) is 2.90. The van der Waals surface area contributed by atoms with Gasteiger partial charge in [0.05, 0.1) is 17.9 Å². The second-order valence-corrected chi connectivity index (χ2v) is 5.44. The maximum Gasteiger partial charge on any atom is 0.338 e. The monoisotopic (exact) mass is 335 g/mol. The number of nitrogens with zero attached hydrogens (tertiary/aromatic N) is 1. The van der Waals surface area contributed by atoms with Crippen LogP contribution in [0.3, 0.4) is 0 Å². The van der Waals surface area contributed by atoms with Gasteiger partial charge in [0.25, 0.3) is 0 Å². The molecule has 0 atom stereocenters. The van der Waals surface area contributed by atoms with Gasteiger partial charge in [0.2, 0.25) is 0 Å². The van der Waals surface area contributed by atoms with Gasteiger partial charge in [-0.25, -0.2) is 9.86 Å². The number of hydroxylamine groups is 1. The van der Waals surface area contributed by atoms with Gasteiger partial charge in [-0.2, -0.15) is 0 Å². The average molecular weight is 335 g/mol. The van der Waals surface area contributed by atoms with E-state index < -0.39 is 5.97 Å². The molecule has 0 spiro atoms. The Bertz CT molecular complexity index is 866. The van der Waals surface area contributed by atoms with E-state index in [9.17, 15) is 14.8 Å². The second-order valence-electron chi connectivity index (χ2n) is 5.44. The second kappa shape index (κ2) is 7.15. The van der Waals surface area contributed by atoms with Crippen LogP contribution in [0.1, 0.15) is 28.4 Å². The van der Waals surface area contributed by atoms with E-state index in [2.05, 4.69) is 0 Å². The molecule has 1 aliphatic carbocycles. The molecule has 0 amide bonds. The Kier molecular flexibility index (Phi) is 4.77. The summed E-state index contributed by atoms with van der Waals surface area (Å²) in [6, 6.07) is 13.8. The third-order valence-electron chi connectivity index (χ3n) is 3.83. The van der Waals surface area contributed by atoms with Gasteiger partial charge in [0.15, 0.2) is 5.78 Å². The smallest absolute Gasteiger partial charge is 0.338 e. The van der Waals surface area contributed by atoms with E-state index in [1.807, 2.05) is 24.3 Å². The summed E-state index contributed by atoms with van der Waals surface area (Å²) in [5.74, 6) is -0.598. The van der Waals surface area contributed by atoms with Crippen LogP contribution in [0.4, 0.5) is 5.69 Å². The molecule has 1 aliphatic rings. The summed E-state index contributed by atoms with van der Waals surface area (Å²) in [4.78, 5) is 23.8. The minimum atomic E-state index is -0.418. The molecule has 0 saturated carbocycles. The summed E-state index contributed by atoms with van der Waals surface area (Å²) in [6.07, 6.45) is 4.61. The molecule has 0 radical (unpaired) electrons. The number of fused-ring (bicyclic) bond motifs is 1. The summed E-state index contributed by atoms with van der Waals surface area (Å²) in [6.45, 7) is 2.04. The van der Waals surface area contributed by atoms with E-state index in [-0.39, 0.29) is 5.78 Å². The van der Waals surface area contributed by atoms with Crippen molar-refractivity contribution in [3.8, 4) is 0 Å². The molecule has 5 heteroatoms. The maximum absolute atomic E-state index is 12.2. The topological polar surface area (TPSA) is 66.8 Å². The lowest BCUT2D eigenvalue weighted by Gasteiger charge is -2.17. The van der Waals surface area contributed by atoms with Crippen LogP contribution in [0.15, 0.2) is 60.8 Å². The van der Waals surface area contributed by atoms with Crippen molar-refractivity contribution in [1.29, 1.82) is 0 Å². The highest BCUT2D eigenvalue weighted by atomic mass is 16.5. The zero-order valence-electron chi connectivity index (χ0n) is 13.7. The predicted octanol–water partition coefficient (Wildman–Crippen LogP) is 3.70. The molecule has 0 bridgehead atoms. The largest absolute Gasteiger partial charge is 0.462 e. The van der Waals surface area contributed by atoms with Gasteiger partial charge in [-0.3, -0.25) is 10.0 Å². The van der Waals surface area contributed by atoms with Gasteiger partial charge in [-0.05, 0) is 48.4 Å². The van der Waals surface area contributed by atoms with Crippen molar-refractivity contribution in [1.82, 2.24) is 0 Å². The van der Waals surface area contributed by atoms with Gasteiger partial charge >= 0.3 is 5.97 Å². The first-order valence-electron chi connectivity index (χ1n) is 7.89. The number of ketones is 1. The molecule has 0 fully saturated rings. The van der Waals surface area contributed by atoms with E-state index in [0.717, 1.165) is 16.2 Å². The number of carbonyl (C=O) groups is 2. The zero-order valence-corrected chi connectivity index (χ0v) is 13.7. The molecule has 2 aromatic carbocycles. The van der Waals surface area contributed by atoms with Crippen LogP contribution < -0.4 is 5.06 Å². The van der Waals surface area contributed by atoms with E-state index >= 15 is 0 Å². The molecule has 25 heavy (non-hydrogen) atoms. The van der Waals surface area contributed by atoms with E-state index in [1.165, 1.54) is 12.3 Å². The van der Waals surface area contributed by atoms with Crippen LogP contribution in [0.2, 0.25) is 0 Å². The number of benzene rings is 2. The highest BCUT2D eigenvalue weighted by molar-refractivity contribution is 6.30. The highest BCUT2D eigenvalue weighted by Crippen LogP contribution is 2.27. The number of allylic oxidation sites excluding steroid dienone is 2. The van der Waals surface area contributed by atoms with Crippen molar-refractivity contribution in [2.45, 2.75) is 6.92 Å². The Morgan fingerprint density at radius 3 is 2.56 bits per heavy atom. The quantitative estimate of drug-likeness (QED) is 0.524. The molecule has 0 saturated heterocycles. The summed E-state index contributed by atoms with van der Waals surface area (Å²) in [5, 5.41) is 11.2. The third-order valence-corrected chi connectivity index (χ3v) is 3.83. The molecule has 0 aromatic heterocycles. The molecular formula is C20H17NO4. The van der Waals surface area contributed by atoms with Gasteiger partial charge in [0, 0.05) is 11.8 Å². The number of ether oxygens (including phenoxy) is 1. The van der Waals surface area contributed by atoms with Crippen molar-refractivity contribution >= 4 is 29.1 Å². The summed E-state index contributed by atoms with van der Waals surface area (Å²) < 4.78 is 4.92. The maximum atomic E-state index is 12.2. The number of rotatable bonds is 4. The molecule has 126 valence electrons. The number of hydrogen-bond acceptors (Lipinski definition) is 5. The third kappa shape index (κ3) is 3.51. The van der Waals surface area contributed by atoms with Crippen LogP contribution in [0.25, 0.3) is 11.6 Å². The van der Waals surface area contributed by atoms with Crippen molar-refractivity contribution in [2.24, 2.45) is 0 Å². The lowest BCUT2D eigenvalue weighted by Crippen LogP contribution is -2.14. The lowest BCUT2D eigenvalue weighted by molar-refractivity contribution is -0.109. The SMILES string of the molecule is CCOC(=O)c1ccc(N(O)C=C2C(=O)C=Cc3ccccc32)cc1. The molecule has 1 N–H and O–H groups in total.